The maximum absolute atomic E-state index is 13.1. The summed E-state index contributed by atoms with van der Waals surface area (Å²) in [6.07, 6.45) is 2.14. The van der Waals surface area contributed by atoms with Crippen molar-refractivity contribution in [2.24, 2.45) is 0 Å². The van der Waals surface area contributed by atoms with Crippen LogP contribution < -0.4 is 10.6 Å². The van der Waals surface area contributed by atoms with Crippen LogP contribution in [0, 0.1) is 5.82 Å². The van der Waals surface area contributed by atoms with Crippen molar-refractivity contribution in [1.29, 1.82) is 0 Å². The van der Waals surface area contributed by atoms with Crippen LogP contribution in [0.15, 0.2) is 18.2 Å². The third-order valence-electron chi connectivity index (χ3n) is 2.97. The van der Waals surface area contributed by atoms with E-state index in [1.54, 1.807) is 6.07 Å². The number of fused-ring (bicyclic) bond motifs is 1. The lowest BCUT2D eigenvalue weighted by atomic mass is 9.98. The van der Waals surface area contributed by atoms with Crippen LogP contribution in [-0.4, -0.2) is 18.6 Å². The summed E-state index contributed by atoms with van der Waals surface area (Å²) < 4.78 is 13.1. The number of hydrogen-bond acceptors (Lipinski definition) is 2. The van der Waals surface area contributed by atoms with Gasteiger partial charge in [0.25, 0.3) is 0 Å². The Labute approximate surface area is 96.2 Å². The third kappa shape index (κ3) is 2.73. The fourth-order valence-corrected chi connectivity index (χ4v) is 2.05. The lowest BCUT2D eigenvalue weighted by molar-refractivity contribution is 0.515. The normalized spacial score (nSPS) is 19.4. The van der Waals surface area contributed by atoms with Crippen molar-refractivity contribution in [3.8, 4) is 0 Å². The Morgan fingerprint density at radius 1 is 1.50 bits per heavy atom. The summed E-state index contributed by atoms with van der Waals surface area (Å²) in [5.74, 6) is -0.163. The number of aryl methyl sites for hydroxylation is 1. The molecule has 1 unspecified atom stereocenters. The Balaban J connectivity index is 1.99. The van der Waals surface area contributed by atoms with Crippen LogP contribution in [0.5, 0.6) is 0 Å². The van der Waals surface area contributed by atoms with Gasteiger partial charge in [0.1, 0.15) is 5.82 Å². The molecule has 0 amide bonds. The quantitative estimate of drug-likeness (QED) is 0.821. The summed E-state index contributed by atoms with van der Waals surface area (Å²) in [6, 6.07) is 5.92. The van der Waals surface area contributed by atoms with Crippen LogP contribution in [0.4, 0.5) is 10.1 Å². The summed E-state index contributed by atoms with van der Waals surface area (Å²) in [5, 5.41) is 6.80. The fourth-order valence-electron chi connectivity index (χ4n) is 2.05. The first-order chi connectivity index (χ1) is 7.65. The topological polar surface area (TPSA) is 24.1 Å². The Morgan fingerprint density at radius 3 is 3.06 bits per heavy atom. The SMILES string of the molecule is CC(C)NCC1CCc2ccc(F)cc2N1. The highest BCUT2D eigenvalue weighted by Gasteiger charge is 2.17. The molecule has 2 nitrogen and oxygen atoms in total. The predicted molar refractivity (Wildman–Crippen MR) is 65.3 cm³/mol. The molecule has 0 radical (unpaired) electrons. The van der Waals surface area contributed by atoms with Crippen molar-refractivity contribution in [2.45, 2.75) is 38.8 Å². The van der Waals surface area contributed by atoms with E-state index in [9.17, 15) is 4.39 Å². The van der Waals surface area contributed by atoms with E-state index in [1.165, 1.54) is 11.6 Å². The van der Waals surface area contributed by atoms with E-state index in [-0.39, 0.29) is 5.82 Å². The molecule has 0 saturated heterocycles. The number of anilines is 1. The smallest absolute Gasteiger partial charge is 0.125 e. The van der Waals surface area contributed by atoms with Gasteiger partial charge in [0.2, 0.25) is 0 Å². The fraction of sp³-hybridized carbons (Fsp3) is 0.538. The van der Waals surface area contributed by atoms with Gasteiger partial charge in [-0.2, -0.15) is 0 Å². The lowest BCUT2D eigenvalue weighted by Crippen LogP contribution is -2.38. The van der Waals surface area contributed by atoms with Crippen molar-refractivity contribution in [3.05, 3.63) is 29.6 Å². The van der Waals surface area contributed by atoms with Gasteiger partial charge >= 0.3 is 0 Å². The molecule has 0 bridgehead atoms. The molecule has 88 valence electrons. The van der Waals surface area contributed by atoms with E-state index in [4.69, 9.17) is 0 Å². The zero-order chi connectivity index (χ0) is 11.5. The molecule has 0 saturated carbocycles. The van der Waals surface area contributed by atoms with Gasteiger partial charge in [-0.05, 0) is 30.5 Å². The first kappa shape index (κ1) is 11.4. The van der Waals surface area contributed by atoms with E-state index in [0.717, 1.165) is 25.1 Å². The molecule has 16 heavy (non-hydrogen) atoms. The van der Waals surface area contributed by atoms with Gasteiger partial charge in [-0.15, -0.1) is 0 Å². The molecule has 3 heteroatoms. The van der Waals surface area contributed by atoms with E-state index in [1.807, 2.05) is 6.07 Å². The van der Waals surface area contributed by atoms with Crippen LogP contribution in [0.3, 0.4) is 0 Å². The molecule has 1 aliphatic heterocycles. The minimum atomic E-state index is -0.163. The van der Waals surface area contributed by atoms with Gasteiger partial charge in [0, 0.05) is 24.3 Å². The number of nitrogens with one attached hydrogen (secondary N) is 2. The van der Waals surface area contributed by atoms with Crippen LogP contribution in [0.2, 0.25) is 0 Å². The summed E-state index contributed by atoms with van der Waals surface area (Å²) >= 11 is 0. The zero-order valence-electron chi connectivity index (χ0n) is 9.89. The Morgan fingerprint density at radius 2 is 2.31 bits per heavy atom. The Hall–Kier alpha value is -1.09. The third-order valence-corrected chi connectivity index (χ3v) is 2.97. The standard InChI is InChI=1S/C13H19FN2/c1-9(2)15-8-12-6-4-10-3-5-11(14)7-13(10)16-12/h3,5,7,9,12,15-16H,4,6,8H2,1-2H3. The Kier molecular flexibility index (Phi) is 3.44. The molecule has 1 aliphatic rings. The van der Waals surface area contributed by atoms with E-state index in [0.29, 0.717) is 12.1 Å². The molecule has 0 aliphatic carbocycles. The number of hydrogen-bond donors (Lipinski definition) is 2. The highest BCUT2D eigenvalue weighted by molar-refractivity contribution is 5.54. The average molecular weight is 222 g/mol. The minimum Gasteiger partial charge on any atom is -0.381 e. The Bertz CT molecular complexity index is 363. The van der Waals surface area contributed by atoms with Crippen LogP contribution >= 0.6 is 0 Å². The van der Waals surface area contributed by atoms with E-state index >= 15 is 0 Å². The summed E-state index contributed by atoms with van der Waals surface area (Å²) in [4.78, 5) is 0. The first-order valence-electron chi connectivity index (χ1n) is 5.93. The minimum absolute atomic E-state index is 0.163. The van der Waals surface area contributed by atoms with Gasteiger partial charge in [0.05, 0.1) is 0 Å². The zero-order valence-corrected chi connectivity index (χ0v) is 9.89. The van der Waals surface area contributed by atoms with Gasteiger partial charge < -0.3 is 10.6 Å². The summed E-state index contributed by atoms with van der Waals surface area (Å²) in [7, 11) is 0. The van der Waals surface area contributed by atoms with Gasteiger partial charge in [0.15, 0.2) is 0 Å². The lowest BCUT2D eigenvalue weighted by Gasteiger charge is -2.28. The molecule has 0 aromatic heterocycles. The largest absolute Gasteiger partial charge is 0.381 e. The monoisotopic (exact) mass is 222 g/mol. The van der Waals surface area contributed by atoms with Gasteiger partial charge in [-0.3, -0.25) is 0 Å². The molecule has 0 fully saturated rings. The number of halogens is 1. The maximum Gasteiger partial charge on any atom is 0.125 e. The molecule has 2 rings (SSSR count). The molecule has 1 aromatic carbocycles. The van der Waals surface area contributed by atoms with Crippen LogP contribution in [0.1, 0.15) is 25.8 Å². The number of rotatable bonds is 3. The molecule has 0 spiro atoms. The van der Waals surface area contributed by atoms with Gasteiger partial charge in [-0.25, -0.2) is 4.39 Å². The van der Waals surface area contributed by atoms with Gasteiger partial charge in [-0.1, -0.05) is 19.9 Å². The number of benzene rings is 1. The highest BCUT2D eigenvalue weighted by Crippen LogP contribution is 2.25. The molecule has 2 N–H and O–H groups in total. The van der Waals surface area contributed by atoms with Crippen molar-refractivity contribution in [3.63, 3.8) is 0 Å². The second-order valence-corrected chi connectivity index (χ2v) is 4.74. The molecular formula is C13H19FN2. The first-order valence-corrected chi connectivity index (χ1v) is 5.93. The predicted octanol–water partition coefficient (Wildman–Crippen LogP) is 2.55. The molecule has 1 aromatic rings. The van der Waals surface area contributed by atoms with E-state index in [2.05, 4.69) is 24.5 Å². The highest BCUT2D eigenvalue weighted by atomic mass is 19.1. The van der Waals surface area contributed by atoms with Crippen molar-refractivity contribution >= 4 is 5.69 Å². The van der Waals surface area contributed by atoms with Crippen LogP contribution in [0.25, 0.3) is 0 Å². The van der Waals surface area contributed by atoms with Crippen LogP contribution in [-0.2, 0) is 6.42 Å². The maximum atomic E-state index is 13.1. The molecule has 1 heterocycles. The summed E-state index contributed by atoms with van der Waals surface area (Å²) in [5.41, 5.74) is 2.18. The molecule has 1 atom stereocenters. The second-order valence-electron chi connectivity index (χ2n) is 4.74. The molecular weight excluding hydrogens is 203 g/mol. The second kappa shape index (κ2) is 4.83. The van der Waals surface area contributed by atoms with Crippen molar-refractivity contribution in [2.75, 3.05) is 11.9 Å². The van der Waals surface area contributed by atoms with E-state index < -0.39 is 0 Å². The van der Waals surface area contributed by atoms with Crippen molar-refractivity contribution in [1.82, 2.24) is 5.32 Å². The summed E-state index contributed by atoms with van der Waals surface area (Å²) in [6.45, 7) is 5.21. The average Bonchev–Trinajstić information content (AvgIpc) is 2.25. The van der Waals surface area contributed by atoms with Crippen molar-refractivity contribution < 1.29 is 4.39 Å².